The summed E-state index contributed by atoms with van der Waals surface area (Å²) < 4.78 is 0. The molecular weight excluding hydrogens is 4280 g/mol. The van der Waals surface area contributed by atoms with E-state index in [1.807, 2.05) is 119 Å². The number of aryl methyl sites for hydroxylation is 1. The fourth-order valence-corrected chi connectivity index (χ4v) is 5.38. The summed E-state index contributed by atoms with van der Waals surface area (Å²) in [7, 11) is 0. The van der Waals surface area contributed by atoms with Crippen LogP contribution in [0.3, 0.4) is 0 Å². The van der Waals surface area contributed by atoms with Crippen molar-refractivity contribution < 1.29 is 1340 Å². The van der Waals surface area contributed by atoms with E-state index in [-0.39, 0.29) is 1340 Å². The predicted octanol–water partition coefficient (Wildman–Crippen LogP) is 17.0. The van der Waals surface area contributed by atoms with E-state index >= 15 is 0 Å². The molecule has 7 rings (SSSR count). The van der Waals surface area contributed by atoms with E-state index < -0.39 is 0 Å². The molecule has 0 fully saturated rings. The molecule has 0 unspecified atom stereocenters. The van der Waals surface area contributed by atoms with Crippen LogP contribution in [-0.2, 0) is 1340 Å². The Kier molecular flexibility index (Phi) is 707. The molecule has 94 heavy (non-hydrogen) atoms. The quantitative estimate of drug-likeness (QED) is 0.155. The molecule has 0 amide bonds. The van der Waals surface area contributed by atoms with Crippen LogP contribution in [0, 0.1) is 19.1 Å². The van der Waals surface area contributed by atoms with Crippen molar-refractivity contribution in [2.24, 2.45) is 0 Å². The first kappa shape index (κ1) is 286. The molecule has 0 saturated heterocycles. The van der Waals surface area contributed by atoms with Gasteiger partial charge in [0.05, 0.1) is 0 Å². The third-order valence-electron chi connectivity index (χ3n) is 7.70. The Labute approximate surface area is 1610 Å². The molecule has 6 aromatic rings. The number of rotatable bonds is 3. The van der Waals surface area contributed by atoms with Crippen molar-refractivity contribution >= 4 is 0 Å². The summed E-state index contributed by atoms with van der Waals surface area (Å²) in [4.78, 5) is 0. The second-order valence-electron chi connectivity index (χ2n) is 10.5. The van der Waals surface area contributed by atoms with Crippen LogP contribution in [0.1, 0.15) is 137 Å². The fraction of sp³-hybridized carbons (Fsp3) is 0.321. The van der Waals surface area contributed by atoms with Crippen molar-refractivity contribution in [1.29, 1.82) is 0 Å². The van der Waals surface area contributed by atoms with Gasteiger partial charge in [0.1, 0.15) is 0 Å². The molecule has 6 aromatic carbocycles. The molecule has 0 heterocycles. The van der Waals surface area contributed by atoms with Gasteiger partial charge < -0.3 is 0 Å². The molecule has 0 atom stereocenters. The molecule has 409 valence electrons. The minimum absolute atomic E-state index is 0. The summed E-state index contributed by atoms with van der Waals surface area (Å²) in [5.74, 6) is 1.04. The first-order chi connectivity index (χ1) is 26.1. The third-order valence-corrected chi connectivity index (χ3v) is 7.70. The minimum Gasteiger partial charge on any atom is -0.226 e. The molecule has 41 heteroatoms. The smallest absolute Gasteiger partial charge is 0.00733 e. The Morgan fingerprint density at radius 1 is 0.245 bits per heavy atom. The maximum absolute atomic E-state index is 3.19. The Morgan fingerprint density at radius 2 is 0.457 bits per heavy atom. The van der Waals surface area contributed by atoms with Gasteiger partial charge in [0.2, 0.25) is 0 Å². The van der Waals surface area contributed by atoms with E-state index in [0.717, 1.165) is 11.1 Å². The molecule has 0 spiro atoms. The number of hydrogen-bond donors (Lipinski definition) is 0. The van der Waals surface area contributed by atoms with Crippen LogP contribution in [0.25, 0.3) is 22.3 Å². The molecule has 1 aliphatic rings. The molecule has 0 aliphatic heterocycles. The summed E-state index contributed by atoms with van der Waals surface area (Å²) in [5, 5.41) is 0. The minimum atomic E-state index is 0. The van der Waals surface area contributed by atoms with Gasteiger partial charge in [-0.3, -0.25) is 0 Å². The van der Waals surface area contributed by atoms with Gasteiger partial charge in [-0.1, -0.05) is 213 Å². The van der Waals surface area contributed by atoms with E-state index in [1.165, 1.54) is 38.9 Å². The molecule has 1 aliphatic carbocycles. The largest absolute Gasteiger partial charge is 0.226 e. The third kappa shape index (κ3) is 158. The van der Waals surface area contributed by atoms with Gasteiger partial charge in [0.25, 0.3) is 0 Å². The van der Waals surface area contributed by atoms with Crippen molar-refractivity contribution in [3.63, 3.8) is 0 Å². The van der Waals surface area contributed by atoms with Gasteiger partial charge in [-0.2, -0.15) is 42.5 Å². The van der Waals surface area contributed by atoms with Gasteiger partial charge in [-0.15, -0.1) is 17.7 Å². The van der Waals surface area contributed by atoms with Crippen LogP contribution < -0.4 is 0 Å². The van der Waals surface area contributed by atoms with Crippen molar-refractivity contribution in [1.82, 2.24) is 0 Å². The predicted molar refractivity (Wildman–Crippen MR) is 242 cm³/mol. The Hall–Kier alpha value is 40.6. The van der Waals surface area contributed by atoms with Crippen molar-refractivity contribution in [3.8, 4) is 22.3 Å². The van der Waals surface area contributed by atoms with E-state index in [1.54, 1.807) is 0 Å². The average molecular weight is 4350 g/mol. The second-order valence-corrected chi connectivity index (χ2v) is 10.5. The molecular formula is C53H72Y41-2. The Bertz CT molecular complexity index is 1660. The number of fused-ring (bicyclic) bond motifs is 3. The second kappa shape index (κ2) is 232. The summed E-state index contributed by atoms with van der Waals surface area (Å²) in [5.41, 5.74) is 12.0. The first-order valence-electron chi connectivity index (χ1n) is 20.4. The molecule has 41 radical (unpaired) electrons. The van der Waals surface area contributed by atoms with Crippen molar-refractivity contribution in [2.45, 2.75) is 116 Å². The van der Waals surface area contributed by atoms with Crippen LogP contribution in [0.5, 0.6) is 0 Å². The standard InChI is InChI=1S/C14H12.C14H14.C13H10.6C2H6.41Y/c1-10-11-6-2-4-8-13(11)14-9-5-3-7-12(10)14;1-12(13-8-4-2-5-9-13)14-10-6-3-7-11-14;1-11-6-5-9-13(10-11)12-7-3-2-4-8-12;6*1-2;;;;;;;;;;;;;;;;;;;;;;;;;;;;;;;;;;;;;;;;;/h2-10H,1H3;2-12H,1H3;2-7,10H,1H3;6*1-2H3;;;;;;;;;;;;;;;;;;;;;;;;;;;;;;;;;;;;;;;;;/q;;-2;;;;;;;;;;;;;;;;;;;;;;;;;;;;;;;;;;;;;;;;;;;;;;;. The van der Waals surface area contributed by atoms with E-state index in [2.05, 4.69) is 148 Å². The molecule has 0 bridgehead atoms. The zero-order valence-corrected chi connectivity index (χ0v) is 176. The maximum Gasteiger partial charge on any atom is 0.00733 e. The molecule has 0 aromatic heterocycles. The van der Waals surface area contributed by atoms with Crippen LogP contribution in [0.2, 0.25) is 0 Å². The SMILES string of the molecule is CC.CC.CC.CC.CC.CC.CC(c1ccccc1)c1ccccc1.CC1c2ccccc2-c2ccccc21.Cc1cc[c-]c(-c2[c-]cccc2)c1.[Y].[Y].[Y].[Y].[Y].[Y].[Y].[Y].[Y].[Y].[Y].[Y].[Y].[Y].[Y].[Y].[Y].[Y].[Y].[Y].[Y].[Y].[Y].[Y].[Y].[Y].[Y].[Y].[Y].[Y].[Y].[Y].[Y].[Y].[Y].[Y].[Y].[Y].[Y].[Y].[Y]. The van der Waals surface area contributed by atoms with Gasteiger partial charge in [-0.05, 0) is 33.4 Å². The normalized spacial score (nSPS) is 5.36. The van der Waals surface area contributed by atoms with Crippen molar-refractivity contribution in [2.75, 3.05) is 0 Å². The van der Waals surface area contributed by atoms with Gasteiger partial charge in [-0.25, -0.2) is 11.1 Å². The van der Waals surface area contributed by atoms with Gasteiger partial charge in [0.15, 0.2) is 0 Å². The van der Waals surface area contributed by atoms with Gasteiger partial charge in [0, 0.05) is 1350 Å². The van der Waals surface area contributed by atoms with Gasteiger partial charge >= 0.3 is 0 Å². The van der Waals surface area contributed by atoms with E-state index in [4.69, 9.17) is 0 Å². The Morgan fingerprint density at radius 3 is 0.681 bits per heavy atom. The average Bonchev–Trinajstić information content (AvgIpc) is 3.57. The van der Waals surface area contributed by atoms with E-state index in [9.17, 15) is 0 Å². The maximum atomic E-state index is 3.19. The first-order valence-corrected chi connectivity index (χ1v) is 20.4. The van der Waals surface area contributed by atoms with Crippen LogP contribution in [0.15, 0.2) is 152 Å². The summed E-state index contributed by atoms with van der Waals surface area (Å²) in [6, 6.07) is 59.0. The Balaban J connectivity index is -0.00000000778. The zero-order chi connectivity index (χ0) is 40.4. The monoisotopic (exact) mass is 4350 g/mol. The van der Waals surface area contributed by atoms with Crippen molar-refractivity contribution in [3.05, 3.63) is 192 Å². The number of benzene rings is 6. The number of hydrogen-bond acceptors (Lipinski definition) is 0. The van der Waals surface area contributed by atoms with Crippen LogP contribution in [0.4, 0.5) is 0 Å². The van der Waals surface area contributed by atoms with Crippen LogP contribution >= 0.6 is 0 Å². The topological polar surface area (TPSA) is 0 Å². The molecule has 0 saturated carbocycles. The molecule has 0 nitrogen and oxygen atoms in total. The van der Waals surface area contributed by atoms with Crippen LogP contribution in [-0.4, -0.2) is 0 Å². The van der Waals surface area contributed by atoms with E-state index in [0.29, 0.717) is 11.8 Å². The summed E-state index contributed by atoms with van der Waals surface area (Å²) in [6.45, 7) is 30.6. The summed E-state index contributed by atoms with van der Waals surface area (Å²) in [6.07, 6.45) is 0. The summed E-state index contributed by atoms with van der Waals surface area (Å²) >= 11 is 0. The fourth-order valence-electron chi connectivity index (χ4n) is 5.38. The zero-order valence-electron chi connectivity index (χ0n) is 59.8. The molecule has 0 N–H and O–H groups in total.